The van der Waals surface area contributed by atoms with Gasteiger partial charge < -0.3 is 10.8 Å². The summed E-state index contributed by atoms with van der Waals surface area (Å²) in [5.74, 6) is 0.139. The van der Waals surface area contributed by atoms with Gasteiger partial charge in [-0.3, -0.25) is 4.90 Å². The molecule has 2 rings (SSSR count). The van der Waals surface area contributed by atoms with E-state index in [1.165, 1.54) is 4.88 Å². The fourth-order valence-electron chi connectivity index (χ4n) is 1.79. The minimum absolute atomic E-state index is 0.139. The Labute approximate surface area is 111 Å². The van der Waals surface area contributed by atoms with Crippen molar-refractivity contribution >= 4 is 17.0 Å². The van der Waals surface area contributed by atoms with Crippen molar-refractivity contribution in [1.82, 2.24) is 9.88 Å². The first-order valence-electron chi connectivity index (χ1n) is 5.71. The third-order valence-electron chi connectivity index (χ3n) is 2.80. The number of thiazole rings is 1. The second-order valence-electron chi connectivity index (χ2n) is 4.43. The summed E-state index contributed by atoms with van der Waals surface area (Å²) in [5.41, 5.74) is 10.2. The first-order valence-corrected chi connectivity index (χ1v) is 6.59. The summed E-state index contributed by atoms with van der Waals surface area (Å²) in [6, 6.07) is 5.34. The van der Waals surface area contributed by atoms with E-state index in [2.05, 4.69) is 16.9 Å². The summed E-state index contributed by atoms with van der Waals surface area (Å²) < 4.78 is 0. The molecule has 1 heterocycles. The van der Waals surface area contributed by atoms with Gasteiger partial charge >= 0.3 is 0 Å². The number of aromatic hydroxyl groups is 1. The van der Waals surface area contributed by atoms with E-state index in [9.17, 15) is 5.11 Å². The Morgan fingerprint density at radius 3 is 2.78 bits per heavy atom. The quantitative estimate of drug-likeness (QED) is 0.656. The molecule has 0 fully saturated rings. The number of nitrogens with two attached hydrogens (primary N) is 1. The van der Waals surface area contributed by atoms with Gasteiger partial charge in [0.05, 0.1) is 16.9 Å². The molecule has 0 aliphatic rings. The number of phenols is 1. The van der Waals surface area contributed by atoms with Gasteiger partial charge in [-0.2, -0.15) is 0 Å². The molecule has 0 bridgehead atoms. The average molecular weight is 263 g/mol. The Bertz CT molecular complexity index is 539. The largest absolute Gasteiger partial charge is 0.506 e. The predicted molar refractivity (Wildman–Crippen MR) is 74.5 cm³/mol. The molecule has 0 spiro atoms. The minimum Gasteiger partial charge on any atom is -0.506 e. The minimum atomic E-state index is 0.139. The van der Waals surface area contributed by atoms with Crippen LogP contribution < -0.4 is 5.73 Å². The summed E-state index contributed by atoms with van der Waals surface area (Å²) >= 11 is 1.68. The number of aromatic nitrogens is 1. The lowest BCUT2D eigenvalue weighted by molar-refractivity contribution is 0.321. The number of hydrogen-bond donors (Lipinski definition) is 2. The molecule has 0 unspecified atom stereocenters. The van der Waals surface area contributed by atoms with Crippen LogP contribution in [0.4, 0.5) is 5.69 Å². The van der Waals surface area contributed by atoms with E-state index in [4.69, 9.17) is 5.73 Å². The Balaban J connectivity index is 2.01. The van der Waals surface area contributed by atoms with Crippen LogP contribution in [0.25, 0.3) is 0 Å². The molecule has 1 aromatic heterocycles. The van der Waals surface area contributed by atoms with Crippen LogP contribution in [0.3, 0.4) is 0 Å². The molecule has 0 aliphatic heterocycles. The first kappa shape index (κ1) is 12.9. The molecule has 4 nitrogen and oxygen atoms in total. The molecule has 0 amide bonds. The number of anilines is 1. The zero-order valence-electron chi connectivity index (χ0n) is 10.6. The number of aryl methyl sites for hydroxylation is 1. The molecule has 96 valence electrons. The molecule has 18 heavy (non-hydrogen) atoms. The van der Waals surface area contributed by atoms with Crippen LogP contribution >= 0.6 is 11.3 Å². The van der Waals surface area contributed by atoms with Gasteiger partial charge in [-0.05, 0) is 31.7 Å². The van der Waals surface area contributed by atoms with Crippen LogP contribution in [0.1, 0.15) is 16.1 Å². The molecule has 5 heteroatoms. The summed E-state index contributed by atoms with van der Waals surface area (Å²) in [6.07, 6.45) is 0. The van der Waals surface area contributed by atoms with Crippen LogP contribution in [0.2, 0.25) is 0 Å². The van der Waals surface area contributed by atoms with Crippen LogP contribution in [0.15, 0.2) is 23.7 Å². The van der Waals surface area contributed by atoms with E-state index in [0.29, 0.717) is 5.69 Å². The molecular formula is C13H17N3OS. The summed E-state index contributed by atoms with van der Waals surface area (Å²) in [7, 11) is 2.06. The first-order chi connectivity index (χ1) is 8.56. The lowest BCUT2D eigenvalue weighted by Gasteiger charge is -2.16. The lowest BCUT2D eigenvalue weighted by atomic mass is 10.2. The van der Waals surface area contributed by atoms with Gasteiger partial charge in [0.15, 0.2) is 0 Å². The Morgan fingerprint density at radius 2 is 2.17 bits per heavy atom. The topological polar surface area (TPSA) is 62.4 Å². The van der Waals surface area contributed by atoms with E-state index < -0.39 is 0 Å². The van der Waals surface area contributed by atoms with E-state index >= 15 is 0 Å². The standard InChI is InChI=1S/C13H17N3OS/c1-9-13(18-8-15-9)7-16(2)6-10-3-4-12(17)11(14)5-10/h3-5,8,17H,6-7,14H2,1-2H3. The zero-order valence-corrected chi connectivity index (χ0v) is 11.4. The van der Waals surface area contributed by atoms with Crippen molar-refractivity contribution in [1.29, 1.82) is 0 Å². The maximum absolute atomic E-state index is 9.38. The van der Waals surface area contributed by atoms with Crippen molar-refractivity contribution in [2.45, 2.75) is 20.0 Å². The molecule has 0 aliphatic carbocycles. The third kappa shape index (κ3) is 3.00. The highest BCUT2D eigenvalue weighted by molar-refractivity contribution is 7.09. The van der Waals surface area contributed by atoms with Gasteiger partial charge in [-0.25, -0.2) is 4.98 Å². The van der Waals surface area contributed by atoms with E-state index in [1.54, 1.807) is 17.4 Å². The fourth-order valence-corrected chi connectivity index (χ4v) is 2.65. The second kappa shape index (κ2) is 5.37. The van der Waals surface area contributed by atoms with Crippen molar-refractivity contribution in [2.75, 3.05) is 12.8 Å². The summed E-state index contributed by atoms with van der Waals surface area (Å²) in [5, 5.41) is 9.38. The highest BCUT2D eigenvalue weighted by Gasteiger charge is 2.07. The third-order valence-corrected chi connectivity index (χ3v) is 3.72. The molecule has 0 radical (unpaired) electrons. The number of nitrogen functional groups attached to an aromatic ring is 1. The number of rotatable bonds is 4. The normalized spacial score (nSPS) is 11.1. The van der Waals surface area contributed by atoms with Crippen molar-refractivity contribution < 1.29 is 5.11 Å². The van der Waals surface area contributed by atoms with Gasteiger partial charge in [0, 0.05) is 18.0 Å². The molecular weight excluding hydrogens is 246 g/mol. The summed E-state index contributed by atoms with van der Waals surface area (Å²) in [4.78, 5) is 7.72. The van der Waals surface area contributed by atoms with Gasteiger partial charge in [-0.1, -0.05) is 6.07 Å². The monoisotopic (exact) mass is 263 g/mol. The highest BCUT2D eigenvalue weighted by Crippen LogP contribution is 2.22. The van der Waals surface area contributed by atoms with Gasteiger partial charge in [0.1, 0.15) is 5.75 Å². The van der Waals surface area contributed by atoms with Crippen LogP contribution in [-0.4, -0.2) is 22.0 Å². The van der Waals surface area contributed by atoms with Crippen LogP contribution in [-0.2, 0) is 13.1 Å². The van der Waals surface area contributed by atoms with Gasteiger partial charge in [-0.15, -0.1) is 11.3 Å². The van der Waals surface area contributed by atoms with Crippen LogP contribution in [0, 0.1) is 6.92 Å². The Hall–Kier alpha value is -1.59. The van der Waals surface area contributed by atoms with Gasteiger partial charge in [0.25, 0.3) is 0 Å². The summed E-state index contributed by atoms with van der Waals surface area (Å²) in [6.45, 7) is 3.69. The SMILES string of the molecule is Cc1ncsc1CN(C)Cc1ccc(O)c(N)c1. The van der Waals surface area contributed by atoms with E-state index in [-0.39, 0.29) is 5.75 Å². The number of phenolic OH excluding ortho intramolecular Hbond substituents is 1. The zero-order chi connectivity index (χ0) is 13.1. The predicted octanol–water partition coefficient (Wildman–Crippen LogP) is 2.37. The van der Waals surface area contributed by atoms with Crippen molar-refractivity contribution in [2.24, 2.45) is 0 Å². The van der Waals surface area contributed by atoms with Crippen LogP contribution in [0.5, 0.6) is 5.75 Å². The lowest BCUT2D eigenvalue weighted by Crippen LogP contribution is -2.17. The van der Waals surface area contributed by atoms with Crippen molar-refractivity contribution in [3.63, 3.8) is 0 Å². The number of hydrogen-bond acceptors (Lipinski definition) is 5. The maximum Gasteiger partial charge on any atom is 0.138 e. The molecule has 0 saturated heterocycles. The second-order valence-corrected chi connectivity index (χ2v) is 5.37. The molecule has 3 N–H and O–H groups in total. The van der Waals surface area contributed by atoms with E-state index in [1.807, 2.05) is 24.6 Å². The Morgan fingerprint density at radius 1 is 1.39 bits per heavy atom. The smallest absolute Gasteiger partial charge is 0.138 e. The average Bonchev–Trinajstić information content (AvgIpc) is 2.70. The maximum atomic E-state index is 9.38. The molecule has 0 atom stereocenters. The van der Waals surface area contributed by atoms with Crippen molar-refractivity contribution in [3.8, 4) is 5.75 Å². The van der Waals surface area contributed by atoms with Gasteiger partial charge in [0.2, 0.25) is 0 Å². The fraction of sp³-hybridized carbons (Fsp3) is 0.308. The highest BCUT2D eigenvalue weighted by atomic mass is 32.1. The molecule has 0 saturated carbocycles. The molecule has 2 aromatic rings. The Kier molecular flexibility index (Phi) is 3.84. The number of benzene rings is 1. The number of nitrogens with zero attached hydrogens (tertiary/aromatic N) is 2. The van der Waals surface area contributed by atoms with E-state index in [0.717, 1.165) is 24.3 Å². The molecule has 1 aromatic carbocycles. The van der Waals surface area contributed by atoms with Crippen molar-refractivity contribution in [3.05, 3.63) is 39.8 Å².